The Morgan fingerprint density at radius 1 is 1.17 bits per heavy atom. The number of aromatic nitrogens is 2. The summed E-state index contributed by atoms with van der Waals surface area (Å²) in [6, 6.07) is 2.56. The fourth-order valence-electron chi connectivity index (χ4n) is 3.86. The maximum atomic E-state index is 13.1. The van der Waals surface area contributed by atoms with E-state index in [9.17, 15) is 33.1 Å². The minimum atomic E-state index is -2.82. The molecule has 0 spiro atoms. The van der Waals surface area contributed by atoms with E-state index >= 15 is 0 Å². The Bertz CT molecular complexity index is 1190. The predicted octanol–water partition coefficient (Wildman–Crippen LogP) is 2.89. The van der Waals surface area contributed by atoms with E-state index in [1.807, 2.05) is 0 Å². The lowest BCUT2D eigenvalue weighted by Crippen LogP contribution is -2.41. The molecule has 160 valence electrons. The molecule has 7 nitrogen and oxygen atoms in total. The molecule has 3 rings (SSSR count). The van der Waals surface area contributed by atoms with Gasteiger partial charge in [-0.25, -0.2) is 13.6 Å². The lowest BCUT2D eigenvalue weighted by atomic mass is 9.88. The number of hydrogen-bond acceptors (Lipinski definition) is 5. The number of rotatable bonds is 6. The number of carbonyl (C=O) groups excluding carboxylic acids is 2. The number of ketones is 2. The lowest BCUT2D eigenvalue weighted by molar-refractivity contribution is -0.116. The van der Waals surface area contributed by atoms with Crippen LogP contribution in [0.2, 0.25) is 0 Å². The van der Waals surface area contributed by atoms with Crippen molar-refractivity contribution in [2.24, 2.45) is 0 Å². The van der Waals surface area contributed by atoms with Gasteiger partial charge in [0.05, 0.1) is 17.4 Å². The number of Topliss-reactive ketones (excluding diaryl/α,β-unsaturated/α-hetero) is 2. The number of alkyl halides is 2. The standard InChI is InChI=1S/C21H22F2N2O5/c1-3-9-24-20(29)17-11(2)12(19(28)18-14(26)5-4-6-15(18)27)7-8-13(17)25(21(24)30)10-16(22)23/h7-8,16,26H,3-6,9-10H2,1-2H3. The second-order valence-electron chi connectivity index (χ2n) is 7.30. The van der Waals surface area contributed by atoms with E-state index in [1.54, 1.807) is 6.92 Å². The summed E-state index contributed by atoms with van der Waals surface area (Å²) in [5, 5.41) is 10.0. The highest BCUT2D eigenvalue weighted by Gasteiger charge is 2.29. The van der Waals surface area contributed by atoms with Crippen molar-refractivity contribution in [1.29, 1.82) is 0 Å². The summed E-state index contributed by atoms with van der Waals surface area (Å²) in [6.07, 6.45) is -1.60. The third-order valence-electron chi connectivity index (χ3n) is 5.28. The number of carbonyl (C=O) groups is 2. The number of nitrogens with zero attached hydrogens (tertiary/aromatic N) is 2. The third-order valence-corrected chi connectivity index (χ3v) is 5.28. The van der Waals surface area contributed by atoms with Crippen LogP contribution in [0, 0.1) is 6.92 Å². The van der Waals surface area contributed by atoms with E-state index < -0.39 is 35.8 Å². The monoisotopic (exact) mass is 420 g/mol. The van der Waals surface area contributed by atoms with Gasteiger partial charge < -0.3 is 5.11 Å². The highest BCUT2D eigenvalue weighted by molar-refractivity contribution is 6.27. The van der Waals surface area contributed by atoms with Crippen LogP contribution < -0.4 is 11.2 Å². The van der Waals surface area contributed by atoms with E-state index in [2.05, 4.69) is 0 Å². The maximum absolute atomic E-state index is 13.1. The molecule has 0 fully saturated rings. The topological polar surface area (TPSA) is 98.4 Å². The van der Waals surface area contributed by atoms with Crippen LogP contribution in [0.4, 0.5) is 8.78 Å². The SMILES string of the molecule is CCCn1c(=O)c2c(C)c(C(=O)C3=C(O)CCCC3=O)ccc2n(CC(F)F)c1=O. The fourth-order valence-corrected chi connectivity index (χ4v) is 3.86. The first-order valence-electron chi connectivity index (χ1n) is 9.74. The van der Waals surface area contributed by atoms with Gasteiger partial charge in [-0.15, -0.1) is 0 Å². The zero-order valence-corrected chi connectivity index (χ0v) is 16.7. The van der Waals surface area contributed by atoms with Crippen LogP contribution in [-0.4, -0.2) is 32.2 Å². The number of hydrogen-bond donors (Lipinski definition) is 1. The van der Waals surface area contributed by atoms with Gasteiger partial charge in [-0.1, -0.05) is 6.92 Å². The predicted molar refractivity (Wildman–Crippen MR) is 106 cm³/mol. The smallest absolute Gasteiger partial charge is 0.331 e. The average molecular weight is 420 g/mol. The molecule has 0 saturated carbocycles. The molecule has 9 heteroatoms. The minimum absolute atomic E-state index is 0.000115. The van der Waals surface area contributed by atoms with Crippen LogP contribution in [0.25, 0.3) is 10.9 Å². The first-order chi connectivity index (χ1) is 14.2. The minimum Gasteiger partial charge on any atom is -0.511 e. The highest BCUT2D eigenvalue weighted by atomic mass is 19.3. The van der Waals surface area contributed by atoms with Crippen LogP contribution in [0.3, 0.4) is 0 Å². The molecule has 0 amide bonds. The van der Waals surface area contributed by atoms with Gasteiger partial charge in [0.25, 0.3) is 12.0 Å². The first-order valence-corrected chi connectivity index (χ1v) is 9.74. The van der Waals surface area contributed by atoms with E-state index in [1.165, 1.54) is 19.1 Å². The second-order valence-corrected chi connectivity index (χ2v) is 7.30. The highest BCUT2D eigenvalue weighted by Crippen LogP contribution is 2.27. The van der Waals surface area contributed by atoms with Crippen LogP contribution >= 0.6 is 0 Å². The Hall–Kier alpha value is -3.10. The number of halogens is 2. The molecular formula is C21H22F2N2O5. The first kappa shape index (κ1) is 21.6. The molecule has 0 aliphatic heterocycles. The summed E-state index contributed by atoms with van der Waals surface area (Å²) in [5.74, 6) is -1.49. The Kier molecular flexibility index (Phi) is 6.00. The Balaban J connectivity index is 2.32. The third kappa shape index (κ3) is 3.59. The van der Waals surface area contributed by atoms with Gasteiger partial charge >= 0.3 is 5.69 Å². The zero-order chi connectivity index (χ0) is 22.2. The molecule has 1 N–H and O–H groups in total. The number of fused-ring (bicyclic) bond motifs is 1. The van der Waals surface area contributed by atoms with Crippen molar-refractivity contribution in [1.82, 2.24) is 9.13 Å². The summed E-state index contributed by atoms with van der Waals surface area (Å²) >= 11 is 0. The quantitative estimate of drug-likeness (QED) is 0.572. The Labute approximate surface area is 170 Å². The number of aliphatic hydroxyl groups excluding tert-OH is 1. The molecule has 30 heavy (non-hydrogen) atoms. The van der Waals surface area contributed by atoms with E-state index in [0.717, 1.165) is 9.13 Å². The van der Waals surface area contributed by atoms with Crippen molar-refractivity contribution in [3.63, 3.8) is 0 Å². The molecule has 0 radical (unpaired) electrons. The van der Waals surface area contributed by atoms with Gasteiger partial charge in [0, 0.05) is 24.9 Å². The molecule has 1 aliphatic rings. The average Bonchev–Trinajstić information content (AvgIpc) is 2.67. The van der Waals surface area contributed by atoms with Gasteiger partial charge in [-0.05, 0) is 37.5 Å². The summed E-state index contributed by atoms with van der Waals surface area (Å²) < 4.78 is 27.9. The van der Waals surface area contributed by atoms with E-state index in [4.69, 9.17) is 0 Å². The molecule has 2 aromatic rings. The number of aliphatic hydroxyl groups is 1. The van der Waals surface area contributed by atoms with E-state index in [-0.39, 0.29) is 52.7 Å². The van der Waals surface area contributed by atoms with Crippen LogP contribution in [0.5, 0.6) is 0 Å². The molecule has 0 atom stereocenters. The Morgan fingerprint density at radius 3 is 2.47 bits per heavy atom. The molecule has 1 aromatic heterocycles. The van der Waals surface area contributed by atoms with Gasteiger partial charge in [-0.2, -0.15) is 0 Å². The summed E-state index contributed by atoms with van der Waals surface area (Å²) in [6.45, 7) is 2.36. The van der Waals surface area contributed by atoms with Crippen molar-refractivity contribution in [3.05, 3.63) is 55.4 Å². The second kappa shape index (κ2) is 8.33. The van der Waals surface area contributed by atoms with Gasteiger partial charge in [0.1, 0.15) is 11.3 Å². The van der Waals surface area contributed by atoms with Crippen LogP contribution in [0.1, 0.15) is 48.5 Å². The molecule has 0 bridgehead atoms. The van der Waals surface area contributed by atoms with Gasteiger partial charge in [0.15, 0.2) is 11.6 Å². The number of aryl methyl sites for hydroxylation is 1. The van der Waals surface area contributed by atoms with Crippen LogP contribution in [-0.2, 0) is 17.9 Å². The molecule has 1 heterocycles. The molecule has 1 aromatic carbocycles. The molecule has 1 aliphatic carbocycles. The number of allylic oxidation sites excluding steroid dienone is 2. The van der Waals surface area contributed by atoms with E-state index in [0.29, 0.717) is 12.8 Å². The fraction of sp³-hybridized carbons (Fsp3) is 0.429. The summed E-state index contributed by atoms with van der Waals surface area (Å²) in [4.78, 5) is 50.8. The molecular weight excluding hydrogens is 398 g/mol. The van der Waals surface area contributed by atoms with Crippen molar-refractivity contribution < 1.29 is 23.5 Å². The lowest BCUT2D eigenvalue weighted by Gasteiger charge is -2.18. The molecule has 0 saturated heterocycles. The zero-order valence-electron chi connectivity index (χ0n) is 16.7. The van der Waals surface area contributed by atoms with Gasteiger partial charge in [0.2, 0.25) is 0 Å². The normalized spacial score (nSPS) is 14.8. The van der Waals surface area contributed by atoms with Crippen molar-refractivity contribution in [3.8, 4) is 0 Å². The van der Waals surface area contributed by atoms with Gasteiger partial charge in [-0.3, -0.25) is 23.5 Å². The van der Waals surface area contributed by atoms with Crippen molar-refractivity contribution in [2.75, 3.05) is 0 Å². The summed E-state index contributed by atoms with van der Waals surface area (Å²) in [7, 11) is 0. The molecule has 0 unspecified atom stereocenters. The van der Waals surface area contributed by atoms with Crippen LogP contribution in [0.15, 0.2) is 33.1 Å². The summed E-state index contributed by atoms with van der Waals surface area (Å²) in [5.41, 5.74) is -1.63. The largest absolute Gasteiger partial charge is 0.511 e. The number of benzene rings is 1. The van der Waals surface area contributed by atoms with Crippen molar-refractivity contribution in [2.45, 2.75) is 59.0 Å². The maximum Gasteiger partial charge on any atom is 0.331 e. The van der Waals surface area contributed by atoms with Crippen molar-refractivity contribution >= 4 is 22.5 Å². The Morgan fingerprint density at radius 2 is 1.87 bits per heavy atom.